The quantitative estimate of drug-likeness (QED) is 0.181. The number of benzene rings is 3. The van der Waals surface area contributed by atoms with Gasteiger partial charge < -0.3 is 46.4 Å². The number of carboxylic acids is 2. The molecule has 9 N–H and O–H groups in total. The van der Waals surface area contributed by atoms with Crippen molar-refractivity contribution in [2.24, 2.45) is 0 Å². The number of carbonyl (C=O) groups is 4. The minimum absolute atomic E-state index is 0.287. The maximum Gasteiger partial charge on any atom is 0.339 e. The van der Waals surface area contributed by atoms with Crippen LogP contribution < -0.4 is 10.6 Å². The molecule has 0 radical (unpaired) electrons. The molecule has 35 heavy (non-hydrogen) atoms. The highest BCUT2D eigenvalue weighted by atomic mass is 16.4. The number of anilines is 2. The highest BCUT2D eigenvalue weighted by Gasteiger charge is 2.20. The molecule has 0 bridgehead atoms. The number of hydrogen-bond acceptors (Lipinski definition) is 9. The molecule has 0 heterocycles. The Morgan fingerprint density at radius 1 is 0.514 bits per heavy atom. The summed E-state index contributed by atoms with van der Waals surface area (Å²) in [6.07, 6.45) is 0. The SMILES string of the molecule is O=C(Nc1cc(O)c(C(=O)O)cc1O)c1cc(O)cc(C(=O)Nc2cc(O)c(C(=O)O)cc2O)c1. The molecule has 3 aromatic rings. The summed E-state index contributed by atoms with van der Waals surface area (Å²) in [5.41, 5.74) is -2.50. The first-order chi connectivity index (χ1) is 16.4. The Labute approximate surface area is 194 Å². The van der Waals surface area contributed by atoms with Crippen LogP contribution >= 0.6 is 0 Å². The molecule has 0 aliphatic carbocycles. The molecule has 0 spiro atoms. The van der Waals surface area contributed by atoms with E-state index in [2.05, 4.69) is 10.6 Å². The third-order valence-electron chi connectivity index (χ3n) is 4.63. The van der Waals surface area contributed by atoms with Crippen molar-refractivity contribution in [3.63, 3.8) is 0 Å². The standard InChI is InChI=1S/C22H16N2O11/c25-10-2-8(19(30)23-13-6-15(26)11(21(32)33)4-17(13)28)1-9(3-10)20(31)24-14-7-16(27)12(22(34)35)5-18(14)29/h1-7,25-29H,(H,23,30)(H,24,31)(H,32,33)(H,34,35). The summed E-state index contributed by atoms with van der Waals surface area (Å²) < 4.78 is 0. The van der Waals surface area contributed by atoms with E-state index in [4.69, 9.17) is 10.2 Å². The molecule has 0 aliphatic heterocycles. The summed E-state index contributed by atoms with van der Waals surface area (Å²) in [6, 6.07) is 5.99. The van der Waals surface area contributed by atoms with E-state index in [1.165, 1.54) is 0 Å². The molecule has 0 aromatic heterocycles. The smallest absolute Gasteiger partial charge is 0.339 e. The van der Waals surface area contributed by atoms with Gasteiger partial charge in [0.15, 0.2) is 0 Å². The zero-order valence-electron chi connectivity index (χ0n) is 17.3. The lowest BCUT2D eigenvalue weighted by Crippen LogP contribution is -2.16. The topological polar surface area (TPSA) is 234 Å². The Hall–Kier alpha value is -5.46. The first-order valence-electron chi connectivity index (χ1n) is 9.42. The highest BCUT2D eigenvalue weighted by Crippen LogP contribution is 2.33. The Bertz CT molecular complexity index is 1300. The lowest BCUT2D eigenvalue weighted by Gasteiger charge is -2.12. The molecule has 0 atom stereocenters. The van der Waals surface area contributed by atoms with E-state index in [0.29, 0.717) is 12.1 Å². The molecule has 0 fully saturated rings. The van der Waals surface area contributed by atoms with Crippen LogP contribution in [-0.2, 0) is 0 Å². The van der Waals surface area contributed by atoms with Gasteiger partial charge in [-0.15, -0.1) is 0 Å². The number of hydrogen-bond donors (Lipinski definition) is 9. The summed E-state index contributed by atoms with van der Waals surface area (Å²) >= 11 is 0. The van der Waals surface area contributed by atoms with Gasteiger partial charge in [-0.2, -0.15) is 0 Å². The van der Waals surface area contributed by atoms with Gasteiger partial charge in [0, 0.05) is 35.4 Å². The Morgan fingerprint density at radius 2 is 0.886 bits per heavy atom. The summed E-state index contributed by atoms with van der Waals surface area (Å²) in [7, 11) is 0. The lowest BCUT2D eigenvalue weighted by atomic mass is 10.1. The average molecular weight is 484 g/mol. The van der Waals surface area contributed by atoms with Gasteiger partial charge in [-0.25, -0.2) is 9.59 Å². The van der Waals surface area contributed by atoms with Crippen LogP contribution in [0.2, 0.25) is 0 Å². The van der Waals surface area contributed by atoms with Gasteiger partial charge in [0.05, 0.1) is 11.4 Å². The van der Waals surface area contributed by atoms with E-state index in [-0.39, 0.29) is 22.5 Å². The van der Waals surface area contributed by atoms with E-state index < -0.39 is 63.6 Å². The number of aromatic hydroxyl groups is 5. The third kappa shape index (κ3) is 5.14. The molecule has 3 aromatic carbocycles. The number of amides is 2. The lowest BCUT2D eigenvalue weighted by molar-refractivity contribution is 0.0682. The molecule has 13 heteroatoms. The summed E-state index contributed by atoms with van der Waals surface area (Å²) in [6.45, 7) is 0. The monoisotopic (exact) mass is 484 g/mol. The van der Waals surface area contributed by atoms with Gasteiger partial charge in [-0.1, -0.05) is 0 Å². The van der Waals surface area contributed by atoms with Crippen molar-refractivity contribution in [3.05, 3.63) is 64.7 Å². The van der Waals surface area contributed by atoms with Crippen LogP contribution in [0.3, 0.4) is 0 Å². The van der Waals surface area contributed by atoms with E-state index in [1.54, 1.807) is 0 Å². The number of rotatable bonds is 6. The van der Waals surface area contributed by atoms with Crippen molar-refractivity contribution in [1.82, 2.24) is 0 Å². The molecular weight excluding hydrogens is 468 g/mol. The Morgan fingerprint density at radius 3 is 1.23 bits per heavy atom. The third-order valence-corrected chi connectivity index (χ3v) is 4.63. The van der Waals surface area contributed by atoms with Gasteiger partial charge in [0.1, 0.15) is 39.9 Å². The minimum atomic E-state index is -1.52. The fourth-order valence-corrected chi connectivity index (χ4v) is 2.96. The van der Waals surface area contributed by atoms with Crippen molar-refractivity contribution in [1.29, 1.82) is 0 Å². The first-order valence-corrected chi connectivity index (χ1v) is 9.42. The number of phenols is 5. The predicted octanol–water partition coefficient (Wildman–Crippen LogP) is 2.12. The van der Waals surface area contributed by atoms with Gasteiger partial charge in [0.2, 0.25) is 0 Å². The van der Waals surface area contributed by atoms with E-state index in [9.17, 15) is 44.7 Å². The van der Waals surface area contributed by atoms with E-state index >= 15 is 0 Å². The van der Waals surface area contributed by atoms with Gasteiger partial charge in [0.25, 0.3) is 11.8 Å². The summed E-state index contributed by atoms with van der Waals surface area (Å²) in [4.78, 5) is 47.2. The van der Waals surface area contributed by atoms with E-state index in [1.807, 2.05) is 0 Å². The van der Waals surface area contributed by atoms with Crippen molar-refractivity contribution in [2.75, 3.05) is 10.6 Å². The average Bonchev–Trinajstić information content (AvgIpc) is 2.77. The van der Waals surface area contributed by atoms with Gasteiger partial charge in [-0.3, -0.25) is 9.59 Å². The van der Waals surface area contributed by atoms with Crippen LogP contribution in [0, 0.1) is 0 Å². The van der Waals surface area contributed by atoms with Crippen LogP contribution in [0.5, 0.6) is 28.7 Å². The molecule has 0 aliphatic rings. The first kappa shape index (κ1) is 24.2. The predicted molar refractivity (Wildman–Crippen MR) is 117 cm³/mol. The molecule has 0 unspecified atom stereocenters. The number of phenolic OH excluding ortho intramolecular Hbond substituents is 3. The second-order valence-corrected chi connectivity index (χ2v) is 7.06. The zero-order chi connectivity index (χ0) is 26.0. The van der Waals surface area contributed by atoms with Crippen LogP contribution in [-0.4, -0.2) is 59.5 Å². The van der Waals surface area contributed by atoms with Crippen molar-refractivity contribution >= 4 is 35.1 Å². The second kappa shape index (κ2) is 9.19. The van der Waals surface area contributed by atoms with Gasteiger partial charge in [-0.05, 0) is 18.2 Å². The van der Waals surface area contributed by atoms with Crippen LogP contribution in [0.15, 0.2) is 42.5 Å². The molecule has 0 saturated heterocycles. The highest BCUT2D eigenvalue weighted by molar-refractivity contribution is 6.10. The molecule has 180 valence electrons. The van der Waals surface area contributed by atoms with Crippen LogP contribution in [0.25, 0.3) is 0 Å². The fourth-order valence-electron chi connectivity index (χ4n) is 2.96. The number of nitrogens with one attached hydrogen (secondary N) is 2. The largest absolute Gasteiger partial charge is 0.508 e. The molecule has 0 saturated carbocycles. The minimum Gasteiger partial charge on any atom is -0.508 e. The molecule has 3 rings (SSSR count). The maximum absolute atomic E-state index is 12.6. The van der Waals surface area contributed by atoms with Gasteiger partial charge >= 0.3 is 11.9 Å². The maximum atomic E-state index is 12.6. The zero-order valence-corrected chi connectivity index (χ0v) is 17.3. The van der Waals surface area contributed by atoms with Crippen LogP contribution in [0.4, 0.5) is 11.4 Å². The molecule has 2 amide bonds. The molecule has 13 nitrogen and oxygen atoms in total. The fraction of sp³-hybridized carbons (Fsp3) is 0. The normalized spacial score (nSPS) is 10.4. The number of carboxylic acid groups (broad SMARTS) is 2. The van der Waals surface area contributed by atoms with Crippen molar-refractivity contribution in [3.8, 4) is 28.7 Å². The number of aromatic carboxylic acids is 2. The van der Waals surface area contributed by atoms with E-state index in [0.717, 1.165) is 30.3 Å². The second-order valence-electron chi connectivity index (χ2n) is 7.06. The van der Waals surface area contributed by atoms with Crippen LogP contribution in [0.1, 0.15) is 41.4 Å². The van der Waals surface area contributed by atoms with Crippen molar-refractivity contribution < 1.29 is 54.9 Å². The number of carbonyl (C=O) groups excluding carboxylic acids is 2. The Kier molecular flexibility index (Phi) is 6.35. The Balaban J connectivity index is 1.86. The summed E-state index contributed by atoms with van der Waals surface area (Å²) in [5, 5.41) is 71.6. The van der Waals surface area contributed by atoms with Crippen molar-refractivity contribution in [2.45, 2.75) is 0 Å². The molecular formula is C22H16N2O11. The summed E-state index contributed by atoms with van der Waals surface area (Å²) in [5.74, 6) is -8.30.